The molecule has 0 spiro atoms. The van der Waals surface area contributed by atoms with Gasteiger partial charge in [0.1, 0.15) is 0 Å². The van der Waals surface area contributed by atoms with E-state index in [1.807, 2.05) is 0 Å². The normalized spacial score (nSPS) is 12.0. The van der Waals surface area contributed by atoms with Crippen LogP contribution >= 0.6 is 11.6 Å². The number of rotatable bonds is 14. The summed E-state index contributed by atoms with van der Waals surface area (Å²) in [7, 11) is 0. The summed E-state index contributed by atoms with van der Waals surface area (Å²) >= 11 is 5.74. The summed E-state index contributed by atoms with van der Waals surface area (Å²) in [5.41, 5.74) is 0.535. The fraction of sp³-hybridized carbons (Fsp3) is 1.00. The maximum atomic E-state index is 5.74. The third kappa shape index (κ3) is 14.5. The lowest BCUT2D eigenvalue weighted by molar-refractivity contribution is 0.285. The van der Waals surface area contributed by atoms with Crippen LogP contribution in [-0.4, -0.2) is 5.88 Å². The van der Waals surface area contributed by atoms with Gasteiger partial charge < -0.3 is 0 Å². The lowest BCUT2D eigenvalue weighted by Crippen LogP contribution is -2.11. The van der Waals surface area contributed by atoms with E-state index in [2.05, 4.69) is 20.8 Å². The van der Waals surface area contributed by atoms with E-state index in [1.54, 1.807) is 0 Å². The van der Waals surface area contributed by atoms with E-state index in [9.17, 15) is 0 Å². The average Bonchev–Trinajstić information content (AvgIpc) is 2.37. The fourth-order valence-corrected chi connectivity index (χ4v) is 2.93. The molecule has 0 aromatic carbocycles. The van der Waals surface area contributed by atoms with Crippen LogP contribution in [0.25, 0.3) is 0 Å². The molecule has 0 aliphatic carbocycles. The molecule has 0 radical (unpaired) electrons. The lowest BCUT2D eigenvalue weighted by Gasteiger charge is -2.24. The van der Waals surface area contributed by atoms with Gasteiger partial charge in [-0.15, -0.1) is 11.6 Å². The molecule has 0 aromatic heterocycles. The van der Waals surface area contributed by atoms with E-state index < -0.39 is 0 Å². The third-order valence-corrected chi connectivity index (χ3v) is 4.46. The Balaban J connectivity index is 3.27. The number of alkyl halides is 1. The molecule has 0 amide bonds. The van der Waals surface area contributed by atoms with E-state index in [4.69, 9.17) is 11.6 Å². The summed E-state index contributed by atoms with van der Waals surface area (Å²) in [6, 6.07) is 0. The maximum Gasteiger partial charge on any atom is 0.0223 e. The summed E-state index contributed by atoms with van der Waals surface area (Å²) < 4.78 is 0. The highest BCUT2D eigenvalue weighted by Crippen LogP contribution is 2.30. The van der Waals surface area contributed by atoms with Crippen molar-refractivity contribution in [2.45, 2.75) is 104 Å². The highest BCUT2D eigenvalue weighted by atomic mass is 35.5. The van der Waals surface area contributed by atoms with Gasteiger partial charge in [-0.3, -0.25) is 0 Å². The molecule has 0 unspecified atom stereocenters. The summed E-state index contributed by atoms with van der Waals surface area (Å²) in [6.07, 6.45) is 18.1. The van der Waals surface area contributed by atoms with Crippen molar-refractivity contribution in [3.63, 3.8) is 0 Å². The second-order valence-electron chi connectivity index (χ2n) is 6.89. The van der Waals surface area contributed by atoms with Crippen molar-refractivity contribution in [2.24, 2.45) is 5.41 Å². The van der Waals surface area contributed by atoms with Gasteiger partial charge in [-0.05, 0) is 24.7 Å². The predicted molar refractivity (Wildman–Crippen MR) is 90.2 cm³/mol. The average molecular weight is 289 g/mol. The van der Waals surface area contributed by atoms with Gasteiger partial charge in [-0.1, -0.05) is 85.0 Å². The van der Waals surface area contributed by atoms with Gasteiger partial charge in [0, 0.05) is 5.88 Å². The SMILES string of the molecule is CCCCCCCCCCCC(C)(C)CCCCCl. The standard InChI is InChI=1S/C18H37Cl/c1-4-5-6-7-8-9-10-11-12-15-18(2,3)16-13-14-17-19/h4-17H2,1-3H3. The smallest absolute Gasteiger partial charge is 0.0223 e. The number of unbranched alkanes of at least 4 members (excludes halogenated alkanes) is 9. The van der Waals surface area contributed by atoms with Gasteiger partial charge in [0.05, 0.1) is 0 Å². The van der Waals surface area contributed by atoms with Gasteiger partial charge in [0.25, 0.3) is 0 Å². The second kappa shape index (κ2) is 13.3. The van der Waals surface area contributed by atoms with E-state index in [0.29, 0.717) is 5.41 Å². The molecule has 0 aromatic rings. The molecular formula is C18H37Cl. The summed E-state index contributed by atoms with van der Waals surface area (Å²) in [4.78, 5) is 0. The molecule has 0 saturated carbocycles. The van der Waals surface area contributed by atoms with Crippen LogP contribution in [0.2, 0.25) is 0 Å². The molecule has 19 heavy (non-hydrogen) atoms. The van der Waals surface area contributed by atoms with Crippen LogP contribution < -0.4 is 0 Å². The van der Waals surface area contributed by atoms with Gasteiger partial charge in [-0.25, -0.2) is 0 Å². The molecule has 116 valence electrons. The van der Waals surface area contributed by atoms with Crippen molar-refractivity contribution in [3.05, 3.63) is 0 Å². The zero-order chi connectivity index (χ0) is 14.4. The molecule has 0 nitrogen and oxygen atoms in total. The van der Waals surface area contributed by atoms with Crippen LogP contribution in [0.4, 0.5) is 0 Å². The summed E-state index contributed by atoms with van der Waals surface area (Å²) in [5, 5.41) is 0. The van der Waals surface area contributed by atoms with Crippen LogP contribution in [0.15, 0.2) is 0 Å². The Labute approximate surface area is 127 Å². The predicted octanol–water partition coefficient (Wildman–Crippen LogP) is 7.34. The Kier molecular flexibility index (Phi) is 13.5. The van der Waals surface area contributed by atoms with E-state index >= 15 is 0 Å². The zero-order valence-corrected chi connectivity index (χ0v) is 14.5. The van der Waals surface area contributed by atoms with E-state index in [-0.39, 0.29) is 0 Å². The van der Waals surface area contributed by atoms with E-state index in [1.165, 1.54) is 83.5 Å². The molecule has 1 heteroatoms. The molecule has 0 aliphatic heterocycles. The van der Waals surface area contributed by atoms with Crippen molar-refractivity contribution in [1.29, 1.82) is 0 Å². The molecule has 0 bridgehead atoms. The minimum Gasteiger partial charge on any atom is -0.127 e. The van der Waals surface area contributed by atoms with Crippen molar-refractivity contribution < 1.29 is 0 Å². The van der Waals surface area contributed by atoms with Crippen LogP contribution in [0.3, 0.4) is 0 Å². The Morgan fingerprint density at radius 3 is 1.53 bits per heavy atom. The topological polar surface area (TPSA) is 0 Å². The molecule has 0 N–H and O–H groups in total. The second-order valence-corrected chi connectivity index (χ2v) is 7.27. The van der Waals surface area contributed by atoms with Crippen LogP contribution in [-0.2, 0) is 0 Å². The van der Waals surface area contributed by atoms with Gasteiger partial charge in [0.2, 0.25) is 0 Å². The van der Waals surface area contributed by atoms with E-state index in [0.717, 1.165) is 5.88 Å². The minimum absolute atomic E-state index is 0.535. The van der Waals surface area contributed by atoms with Crippen LogP contribution in [0.5, 0.6) is 0 Å². The maximum absolute atomic E-state index is 5.74. The summed E-state index contributed by atoms with van der Waals surface area (Å²) in [6.45, 7) is 7.13. The van der Waals surface area contributed by atoms with Gasteiger partial charge in [0.15, 0.2) is 0 Å². The van der Waals surface area contributed by atoms with Crippen LogP contribution in [0, 0.1) is 5.41 Å². The third-order valence-electron chi connectivity index (χ3n) is 4.19. The quantitative estimate of drug-likeness (QED) is 0.232. The first-order valence-corrected chi connectivity index (χ1v) is 9.22. The molecule has 0 atom stereocenters. The Morgan fingerprint density at radius 1 is 0.632 bits per heavy atom. The fourth-order valence-electron chi connectivity index (χ4n) is 2.74. The molecule has 0 aliphatic rings. The molecule has 0 saturated heterocycles. The minimum atomic E-state index is 0.535. The van der Waals surface area contributed by atoms with Crippen molar-refractivity contribution in [3.8, 4) is 0 Å². The molecular weight excluding hydrogens is 252 g/mol. The summed E-state index contributed by atoms with van der Waals surface area (Å²) in [5.74, 6) is 0.827. The highest BCUT2D eigenvalue weighted by Gasteiger charge is 2.16. The lowest BCUT2D eigenvalue weighted by atomic mass is 9.82. The highest BCUT2D eigenvalue weighted by molar-refractivity contribution is 6.17. The van der Waals surface area contributed by atoms with Gasteiger partial charge in [-0.2, -0.15) is 0 Å². The largest absolute Gasteiger partial charge is 0.127 e. The monoisotopic (exact) mass is 288 g/mol. The molecule has 0 rings (SSSR count). The van der Waals surface area contributed by atoms with Crippen LogP contribution in [0.1, 0.15) is 104 Å². The molecule has 0 fully saturated rings. The first kappa shape index (κ1) is 19.3. The Bertz CT molecular complexity index is 175. The zero-order valence-electron chi connectivity index (χ0n) is 13.8. The first-order valence-electron chi connectivity index (χ1n) is 8.68. The molecule has 0 heterocycles. The number of halogens is 1. The Hall–Kier alpha value is 0.290. The van der Waals surface area contributed by atoms with Crippen molar-refractivity contribution in [1.82, 2.24) is 0 Å². The number of hydrogen-bond acceptors (Lipinski definition) is 0. The number of hydrogen-bond donors (Lipinski definition) is 0. The van der Waals surface area contributed by atoms with Gasteiger partial charge >= 0.3 is 0 Å². The van der Waals surface area contributed by atoms with Crippen molar-refractivity contribution >= 4 is 11.6 Å². The Morgan fingerprint density at radius 2 is 1.05 bits per heavy atom. The van der Waals surface area contributed by atoms with Crippen molar-refractivity contribution in [2.75, 3.05) is 5.88 Å². The first-order chi connectivity index (χ1) is 9.12.